The Bertz CT molecular complexity index is 1790. The average molecular weight is 889 g/mol. The van der Waals surface area contributed by atoms with Crippen LogP contribution in [0.3, 0.4) is 0 Å². The summed E-state index contributed by atoms with van der Waals surface area (Å²) in [6, 6.07) is 0. The first-order valence-electron chi connectivity index (χ1n) is 25.7. The summed E-state index contributed by atoms with van der Waals surface area (Å²) in [5.41, 5.74) is 5.37. The average Bonchev–Trinajstić information content (AvgIpc) is 3.20. The van der Waals surface area contributed by atoms with Crippen LogP contribution in [-0.4, -0.2) is 32.5 Å². The number of allylic oxidation sites excluding steroid dienone is 2. The van der Waals surface area contributed by atoms with Crippen molar-refractivity contribution in [2.45, 2.75) is 238 Å². The second-order valence-corrected chi connectivity index (χ2v) is 22.1. The number of carbonyl (C=O) groups is 2. The number of carbonyl (C=O) groups excluding carboxylic acids is 2. The fourth-order valence-corrected chi connectivity index (χ4v) is 9.72. The van der Waals surface area contributed by atoms with Crippen LogP contribution in [0, 0.1) is 77.0 Å². The molecule has 1 heterocycles. The standard InChI is InChI=1S/2C29H48O3/c1-19(2)12-9-13-20(3)14-10-15-21(4)16-11-17-29(8)18-25(30)26-24(7)27(31)22(5)23(6)28(26)32-29;1-19(2)12-9-13-20(3)14-10-15-21(4)16-11-17-22(5)18-26(30)27-25(8)28(31)23(6)24(7)29(27)32/h19-21,31H,9-18H2,1-8H3;18-21,31-32H,9-17H2,1-8H3. The maximum atomic E-state index is 13.0. The number of rotatable bonds is 26. The second-order valence-electron chi connectivity index (χ2n) is 22.1. The van der Waals surface area contributed by atoms with Gasteiger partial charge in [-0.15, -0.1) is 0 Å². The molecule has 1 aliphatic rings. The monoisotopic (exact) mass is 889 g/mol. The van der Waals surface area contributed by atoms with Gasteiger partial charge in [-0.3, -0.25) is 9.59 Å². The summed E-state index contributed by atoms with van der Waals surface area (Å²) in [6.45, 7) is 33.6. The highest BCUT2D eigenvalue weighted by Crippen LogP contribution is 2.45. The molecule has 6 nitrogen and oxygen atoms in total. The van der Waals surface area contributed by atoms with E-state index in [-0.39, 0.29) is 34.4 Å². The van der Waals surface area contributed by atoms with E-state index in [0.29, 0.717) is 45.9 Å². The smallest absolute Gasteiger partial charge is 0.189 e. The predicted molar refractivity (Wildman–Crippen MR) is 272 cm³/mol. The Balaban J connectivity index is 0.000000440. The van der Waals surface area contributed by atoms with Crippen LogP contribution in [0.25, 0.3) is 0 Å². The van der Waals surface area contributed by atoms with Crippen molar-refractivity contribution in [1.29, 1.82) is 0 Å². The van der Waals surface area contributed by atoms with Crippen molar-refractivity contribution < 1.29 is 29.6 Å². The van der Waals surface area contributed by atoms with Crippen molar-refractivity contribution in [3.05, 3.63) is 56.2 Å². The third-order valence-corrected chi connectivity index (χ3v) is 14.7. The number of benzene rings is 2. The summed E-state index contributed by atoms with van der Waals surface area (Å²) in [4.78, 5) is 25.7. The number of aromatic hydroxyl groups is 3. The Morgan fingerprint density at radius 2 is 0.953 bits per heavy atom. The molecule has 0 spiro atoms. The van der Waals surface area contributed by atoms with E-state index >= 15 is 0 Å². The van der Waals surface area contributed by atoms with Gasteiger partial charge in [-0.25, -0.2) is 0 Å². The number of phenolic OH excluding ortho intramolecular Hbond substituents is 3. The number of hydrogen-bond donors (Lipinski definition) is 3. The number of ketones is 2. The summed E-state index contributed by atoms with van der Waals surface area (Å²) in [5.74, 6) is 5.62. The SMILES string of the molecule is CC(=CC(=O)c1c(C)c(O)c(C)c(C)c1O)CCCC(C)CCCC(C)CCCC(C)C.Cc1c(C)c2c(c(C)c1O)C(=O)CC(C)(CCCC(C)CCCC(C)CCCC(C)C)O2. The molecule has 0 saturated heterocycles. The molecule has 2 aromatic rings. The van der Waals surface area contributed by atoms with Crippen LogP contribution in [0.2, 0.25) is 0 Å². The van der Waals surface area contributed by atoms with Gasteiger partial charge in [-0.05, 0) is 145 Å². The Morgan fingerprint density at radius 3 is 1.42 bits per heavy atom. The van der Waals surface area contributed by atoms with Gasteiger partial charge in [0.25, 0.3) is 0 Å². The molecule has 6 heteroatoms. The molecule has 0 aliphatic carbocycles. The molecule has 364 valence electrons. The summed E-state index contributed by atoms with van der Waals surface area (Å²) >= 11 is 0. The van der Waals surface area contributed by atoms with E-state index in [1.54, 1.807) is 26.8 Å². The Kier molecular flexibility index (Phi) is 24.3. The van der Waals surface area contributed by atoms with E-state index in [0.717, 1.165) is 72.0 Å². The van der Waals surface area contributed by atoms with Gasteiger partial charge in [0.05, 0.1) is 17.5 Å². The van der Waals surface area contributed by atoms with Crippen molar-refractivity contribution >= 4 is 11.6 Å². The van der Waals surface area contributed by atoms with Crippen molar-refractivity contribution in [3.8, 4) is 23.0 Å². The highest BCUT2D eigenvalue weighted by Gasteiger charge is 2.39. The van der Waals surface area contributed by atoms with Gasteiger partial charge in [0.1, 0.15) is 28.6 Å². The summed E-state index contributed by atoms with van der Waals surface area (Å²) in [7, 11) is 0. The highest BCUT2D eigenvalue weighted by atomic mass is 16.5. The molecule has 3 rings (SSSR count). The Morgan fingerprint density at radius 1 is 0.562 bits per heavy atom. The van der Waals surface area contributed by atoms with Gasteiger partial charge in [0, 0.05) is 11.1 Å². The molecular weight excluding hydrogens is 793 g/mol. The zero-order valence-electron chi connectivity index (χ0n) is 44.0. The first-order chi connectivity index (χ1) is 29.9. The molecule has 0 bridgehead atoms. The van der Waals surface area contributed by atoms with Crippen molar-refractivity contribution in [1.82, 2.24) is 0 Å². The molecule has 0 amide bonds. The molecule has 1 aliphatic heterocycles. The Hall–Kier alpha value is -3.28. The van der Waals surface area contributed by atoms with Gasteiger partial charge in [-0.2, -0.15) is 0 Å². The predicted octanol–water partition coefficient (Wildman–Crippen LogP) is 17.1. The molecule has 64 heavy (non-hydrogen) atoms. The largest absolute Gasteiger partial charge is 0.507 e. The Labute approximate surface area is 392 Å². The molecule has 3 N–H and O–H groups in total. The third-order valence-electron chi connectivity index (χ3n) is 14.7. The maximum absolute atomic E-state index is 13.0. The van der Waals surface area contributed by atoms with Crippen LogP contribution in [0.1, 0.15) is 245 Å². The molecule has 0 aromatic heterocycles. The zero-order chi connectivity index (χ0) is 48.5. The first kappa shape index (κ1) is 56.8. The lowest BCUT2D eigenvalue weighted by Crippen LogP contribution is -2.40. The van der Waals surface area contributed by atoms with Crippen molar-refractivity contribution in [3.63, 3.8) is 0 Å². The highest BCUT2D eigenvalue weighted by molar-refractivity contribution is 6.08. The topological polar surface area (TPSA) is 104 Å². The molecule has 2 aromatic carbocycles. The number of fused-ring (bicyclic) bond motifs is 1. The summed E-state index contributed by atoms with van der Waals surface area (Å²) < 4.78 is 6.45. The third kappa shape index (κ3) is 18.2. The van der Waals surface area contributed by atoms with Crippen molar-refractivity contribution in [2.75, 3.05) is 0 Å². The zero-order valence-corrected chi connectivity index (χ0v) is 44.0. The van der Waals surface area contributed by atoms with Crippen LogP contribution in [0.4, 0.5) is 0 Å². The van der Waals surface area contributed by atoms with Crippen LogP contribution < -0.4 is 4.74 Å². The van der Waals surface area contributed by atoms with Gasteiger partial charge < -0.3 is 20.1 Å². The van der Waals surface area contributed by atoms with E-state index in [9.17, 15) is 24.9 Å². The van der Waals surface area contributed by atoms with Crippen LogP contribution in [0.5, 0.6) is 23.0 Å². The molecule has 5 unspecified atom stereocenters. The van der Waals surface area contributed by atoms with Crippen LogP contribution >= 0.6 is 0 Å². The minimum absolute atomic E-state index is 0.0149. The lowest BCUT2D eigenvalue weighted by Gasteiger charge is -2.37. The summed E-state index contributed by atoms with van der Waals surface area (Å²) in [5, 5.41) is 31.1. The molecule has 0 saturated carbocycles. The number of Topliss-reactive ketones (excluding diaryl/α,β-unsaturated/α-hetero) is 1. The number of ether oxygens (including phenoxy) is 1. The molecule has 0 fully saturated rings. The van der Waals surface area contributed by atoms with E-state index < -0.39 is 5.60 Å². The molecular formula is C58H96O6. The van der Waals surface area contributed by atoms with E-state index in [2.05, 4.69) is 62.3 Å². The second kappa shape index (κ2) is 27.4. The maximum Gasteiger partial charge on any atom is 0.189 e. The number of phenols is 3. The summed E-state index contributed by atoms with van der Waals surface area (Å²) in [6.07, 6.45) is 24.4. The van der Waals surface area contributed by atoms with Crippen LogP contribution in [0.15, 0.2) is 11.6 Å². The van der Waals surface area contributed by atoms with Gasteiger partial charge in [0.2, 0.25) is 0 Å². The quantitative estimate of drug-likeness (QED) is 0.0494. The van der Waals surface area contributed by atoms with Gasteiger partial charge in [-0.1, -0.05) is 151 Å². The fraction of sp³-hybridized carbons (Fsp3) is 0.724. The first-order valence-corrected chi connectivity index (χ1v) is 25.7. The van der Waals surface area contributed by atoms with Crippen LogP contribution in [-0.2, 0) is 0 Å². The van der Waals surface area contributed by atoms with Gasteiger partial charge in [0.15, 0.2) is 11.6 Å². The molecule has 5 atom stereocenters. The van der Waals surface area contributed by atoms with E-state index in [1.807, 2.05) is 27.7 Å². The van der Waals surface area contributed by atoms with E-state index in [4.69, 9.17) is 4.74 Å². The normalized spacial score (nSPS) is 17.2. The molecule has 0 radical (unpaired) electrons. The minimum Gasteiger partial charge on any atom is -0.507 e. The van der Waals surface area contributed by atoms with E-state index in [1.165, 1.54) is 89.9 Å². The van der Waals surface area contributed by atoms with Crippen molar-refractivity contribution in [2.24, 2.45) is 35.5 Å². The minimum atomic E-state index is -0.449. The lowest BCUT2D eigenvalue weighted by atomic mass is 9.83. The number of hydrogen-bond acceptors (Lipinski definition) is 6. The fourth-order valence-electron chi connectivity index (χ4n) is 9.72. The van der Waals surface area contributed by atoms with Gasteiger partial charge >= 0.3 is 0 Å². The lowest BCUT2D eigenvalue weighted by molar-refractivity contribution is 0.0438.